The van der Waals surface area contributed by atoms with E-state index in [0.29, 0.717) is 17.5 Å². The zero-order chi connectivity index (χ0) is 41.7. The number of pyridine rings is 1. The molecule has 0 bridgehead atoms. The highest BCUT2D eigenvalue weighted by Gasteiger charge is 2.18. The van der Waals surface area contributed by atoms with Gasteiger partial charge in [0.15, 0.2) is 17.5 Å². The van der Waals surface area contributed by atoms with Gasteiger partial charge in [-0.25, -0.2) is 19.9 Å². The largest absolute Gasteiger partial charge is 0.309 e. The van der Waals surface area contributed by atoms with Crippen molar-refractivity contribution in [2.75, 3.05) is 0 Å². The van der Waals surface area contributed by atoms with Crippen molar-refractivity contribution in [1.29, 1.82) is 0 Å². The van der Waals surface area contributed by atoms with Crippen LogP contribution in [0.3, 0.4) is 0 Å². The molecule has 294 valence electrons. The second-order valence-corrected chi connectivity index (χ2v) is 15.8. The summed E-state index contributed by atoms with van der Waals surface area (Å²) in [5.74, 6) is 1.86. The predicted octanol–water partition coefficient (Wildman–Crippen LogP) is 14.7. The van der Waals surface area contributed by atoms with Crippen molar-refractivity contribution in [1.82, 2.24) is 24.5 Å². The molecule has 63 heavy (non-hydrogen) atoms. The molecule has 0 saturated carbocycles. The number of hydrogen-bond donors (Lipinski definition) is 0. The molecule has 12 aromatic rings. The van der Waals surface area contributed by atoms with Crippen molar-refractivity contribution in [2.45, 2.75) is 0 Å². The number of aromatic nitrogens is 5. The molecule has 0 saturated heterocycles. The Kier molecular flexibility index (Phi) is 8.75. The molecule has 12 rings (SSSR count). The van der Waals surface area contributed by atoms with Crippen LogP contribution < -0.4 is 0 Å². The first-order chi connectivity index (χ1) is 31.2. The summed E-state index contributed by atoms with van der Waals surface area (Å²) in [5, 5.41) is 5.93. The number of nitrogens with zero attached hydrogens (tertiary/aromatic N) is 5. The summed E-state index contributed by atoms with van der Waals surface area (Å²) < 4.78 is 2.32. The van der Waals surface area contributed by atoms with E-state index in [0.717, 1.165) is 77.6 Å². The third kappa shape index (κ3) is 6.42. The summed E-state index contributed by atoms with van der Waals surface area (Å²) in [5.41, 5.74) is 13.7. The van der Waals surface area contributed by atoms with Gasteiger partial charge >= 0.3 is 0 Å². The third-order valence-electron chi connectivity index (χ3n) is 12.0. The minimum absolute atomic E-state index is 0.615. The van der Waals surface area contributed by atoms with E-state index >= 15 is 0 Å². The van der Waals surface area contributed by atoms with E-state index < -0.39 is 0 Å². The van der Waals surface area contributed by atoms with Crippen LogP contribution in [0.5, 0.6) is 0 Å². The molecule has 0 unspecified atom stereocenters. The molecule has 3 aromatic heterocycles. The van der Waals surface area contributed by atoms with Crippen LogP contribution in [0.4, 0.5) is 0 Å². The molecule has 0 amide bonds. The van der Waals surface area contributed by atoms with Crippen LogP contribution in [-0.4, -0.2) is 24.5 Å². The molecule has 9 aromatic carbocycles. The summed E-state index contributed by atoms with van der Waals surface area (Å²) in [6, 6.07) is 78.7. The first-order valence-electron chi connectivity index (χ1n) is 21.2. The first kappa shape index (κ1) is 36.3. The SMILES string of the molecule is c1ccc(-c2nc(-c3cccc(-c4ccc(-c5cccc6c(-c7ccccc7)nc7ccccc7c56)cc4)c3)nc(-c3cccc(-n4c5ccccc5c5ccccc54)c3)n2)cc1. The van der Waals surface area contributed by atoms with E-state index in [9.17, 15) is 0 Å². The molecule has 0 aliphatic heterocycles. The number of rotatable bonds is 7. The lowest BCUT2D eigenvalue weighted by Gasteiger charge is -2.14. The zero-order valence-electron chi connectivity index (χ0n) is 34.1. The van der Waals surface area contributed by atoms with Crippen LogP contribution in [0.2, 0.25) is 0 Å². The van der Waals surface area contributed by atoms with Gasteiger partial charge in [0.25, 0.3) is 0 Å². The molecule has 0 aliphatic rings. The molecule has 0 radical (unpaired) electrons. The van der Waals surface area contributed by atoms with Crippen molar-refractivity contribution in [3.63, 3.8) is 0 Å². The highest BCUT2D eigenvalue weighted by atomic mass is 15.0. The van der Waals surface area contributed by atoms with Crippen LogP contribution in [0.25, 0.3) is 117 Å². The van der Waals surface area contributed by atoms with E-state index in [-0.39, 0.29) is 0 Å². The number of hydrogen-bond acceptors (Lipinski definition) is 4. The Labute approximate surface area is 364 Å². The van der Waals surface area contributed by atoms with Crippen molar-refractivity contribution in [3.8, 4) is 73.4 Å². The fourth-order valence-electron chi connectivity index (χ4n) is 9.08. The molecule has 5 nitrogen and oxygen atoms in total. The first-order valence-corrected chi connectivity index (χ1v) is 21.2. The van der Waals surface area contributed by atoms with Crippen molar-refractivity contribution >= 4 is 43.5 Å². The maximum atomic E-state index is 5.18. The summed E-state index contributed by atoms with van der Waals surface area (Å²) in [4.78, 5) is 20.5. The third-order valence-corrected chi connectivity index (χ3v) is 12.0. The average Bonchev–Trinajstić information content (AvgIpc) is 3.71. The number of benzene rings is 9. The Balaban J connectivity index is 0.940. The molecule has 0 N–H and O–H groups in total. The highest BCUT2D eigenvalue weighted by Crippen LogP contribution is 2.40. The normalized spacial score (nSPS) is 11.5. The van der Waals surface area contributed by atoms with E-state index in [4.69, 9.17) is 19.9 Å². The van der Waals surface area contributed by atoms with Crippen molar-refractivity contribution < 1.29 is 0 Å². The van der Waals surface area contributed by atoms with E-state index in [1.54, 1.807) is 0 Å². The highest BCUT2D eigenvalue weighted by molar-refractivity contribution is 6.17. The Bertz CT molecular complexity index is 3620. The maximum Gasteiger partial charge on any atom is 0.164 e. The molecule has 0 spiro atoms. The van der Waals surface area contributed by atoms with E-state index in [1.165, 1.54) is 21.7 Å². The van der Waals surface area contributed by atoms with Gasteiger partial charge in [-0.05, 0) is 58.7 Å². The smallest absolute Gasteiger partial charge is 0.164 e. The van der Waals surface area contributed by atoms with Gasteiger partial charge in [-0.3, -0.25) is 0 Å². The monoisotopic (exact) mass is 803 g/mol. The van der Waals surface area contributed by atoms with Gasteiger partial charge in [-0.15, -0.1) is 0 Å². The maximum absolute atomic E-state index is 5.18. The van der Waals surface area contributed by atoms with Crippen LogP contribution in [0.15, 0.2) is 224 Å². The Morgan fingerprint density at radius 2 is 0.778 bits per heavy atom. The molecule has 0 fully saturated rings. The topological polar surface area (TPSA) is 56.5 Å². The van der Waals surface area contributed by atoms with Gasteiger partial charge in [0.05, 0.1) is 22.2 Å². The van der Waals surface area contributed by atoms with Crippen LogP contribution in [0, 0.1) is 0 Å². The van der Waals surface area contributed by atoms with Crippen molar-refractivity contribution in [2.24, 2.45) is 0 Å². The Hall–Kier alpha value is -8.54. The van der Waals surface area contributed by atoms with Gasteiger partial charge in [0, 0.05) is 54.9 Å². The minimum Gasteiger partial charge on any atom is -0.309 e. The lowest BCUT2D eigenvalue weighted by Crippen LogP contribution is -2.01. The lowest BCUT2D eigenvalue weighted by atomic mass is 9.92. The standard InChI is InChI=1S/C58H37N5/c1-3-16-40(17-4-1)55-50-28-15-27-46(54(50)49-26-7-10-29-51(49)59-55)39-34-32-38(33-35-39)42-20-13-21-43(36-42)57-60-56(41-18-5-2-6-19-41)61-58(62-57)44-22-14-23-45(37-44)63-52-30-11-8-24-47(52)48-25-9-12-31-53(48)63/h1-37H. The Morgan fingerprint density at radius 1 is 0.286 bits per heavy atom. The van der Waals surface area contributed by atoms with Gasteiger partial charge in [0.2, 0.25) is 0 Å². The predicted molar refractivity (Wildman–Crippen MR) is 260 cm³/mol. The van der Waals surface area contributed by atoms with Crippen LogP contribution in [-0.2, 0) is 0 Å². The number of fused-ring (bicyclic) bond motifs is 6. The lowest BCUT2D eigenvalue weighted by molar-refractivity contribution is 1.07. The fraction of sp³-hybridized carbons (Fsp3) is 0. The summed E-state index contributed by atoms with van der Waals surface area (Å²) in [6.07, 6.45) is 0. The van der Waals surface area contributed by atoms with Crippen molar-refractivity contribution in [3.05, 3.63) is 224 Å². The zero-order valence-corrected chi connectivity index (χ0v) is 34.1. The summed E-state index contributed by atoms with van der Waals surface area (Å²) in [6.45, 7) is 0. The second kappa shape index (κ2) is 15.2. The average molecular weight is 804 g/mol. The number of para-hydroxylation sites is 3. The van der Waals surface area contributed by atoms with Gasteiger partial charge < -0.3 is 4.57 Å². The molecular weight excluding hydrogens is 767 g/mol. The summed E-state index contributed by atoms with van der Waals surface area (Å²) in [7, 11) is 0. The second-order valence-electron chi connectivity index (χ2n) is 15.8. The molecular formula is C58H37N5. The molecule has 3 heterocycles. The van der Waals surface area contributed by atoms with Crippen LogP contribution >= 0.6 is 0 Å². The molecule has 5 heteroatoms. The van der Waals surface area contributed by atoms with E-state index in [2.05, 4.69) is 193 Å². The molecule has 0 atom stereocenters. The molecule has 0 aliphatic carbocycles. The van der Waals surface area contributed by atoms with E-state index in [1.807, 2.05) is 36.4 Å². The minimum atomic E-state index is 0.615. The fourth-order valence-corrected chi connectivity index (χ4v) is 9.08. The Morgan fingerprint density at radius 3 is 1.48 bits per heavy atom. The summed E-state index contributed by atoms with van der Waals surface area (Å²) >= 11 is 0. The quantitative estimate of drug-likeness (QED) is 0.151. The van der Waals surface area contributed by atoms with Crippen LogP contribution in [0.1, 0.15) is 0 Å². The van der Waals surface area contributed by atoms with Gasteiger partial charge in [-0.2, -0.15) is 0 Å². The van der Waals surface area contributed by atoms with Gasteiger partial charge in [-0.1, -0.05) is 188 Å². The van der Waals surface area contributed by atoms with Gasteiger partial charge in [0.1, 0.15) is 0 Å².